The van der Waals surface area contributed by atoms with Crippen LogP contribution < -0.4 is 5.32 Å². The first-order valence-corrected chi connectivity index (χ1v) is 6.61. The first-order chi connectivity index (χ1) is 9.52. The van der Waals surface area contributed by atoms with E-state index in [1.54, 1.807) is 16.8 Å². The Morgan fingerprint density at radius 3 is 2.85 bits per heavy atom. The number of hydrogen-bond donors (Lipinski definition) is 2. The van der Waals surface area contributed by atoms with Gasteiger partial charge in [-0.2, -0.15) is 5.10 Å². The van der Waals surface area contributed by atoms with Gasteiger partial charge in [0.25, 0.3) is 0 Å². The van der Waals surface area contributed by atoms with Crippen LogP contribution in [0.15, 0.2) is 24.4 Å². The topological polar surface area (TPSA) is 67.2 Å². The zero-order valence-corrected chi connectivity index (χ0v) is 12.0. The minimum absolute atomic E-state index is 0.298. The molecular formula is C15H19N3O2. The average Bonchev–Trinajstić information content (AvgIpc) is 2.77. The smallest absolute Gasteiger partial charge is 0.337 e. The zero-order chi connectivity index (χ0) is 14.7. The molecule has 2 N–H and O–H groups in total. The number of anilines is 1. The minimum Gasteiger partial charge on any atom is -0.478 e. The first kappa shape index (κ1) is 14.1. The molecule has 2 rings (SSSR count). The molecule has 20 heavy (non-hydrogen) atoms. The van der Waals surface area contributed by atoms with Crippen LogP contribution in [0, 0.1) is 6.92 Å². The molecule has 0 aliphatic carbocycles. The Balaban J connectivity index is 2.24. The van der Waals surface area contributed by atoms with Crippen molar-refractivity contribution < 1.29 is 9.90 Å². The molecule has 0 aliphatic rings. The third kappa shape index (κ3) is 2.82. The summed E-state index contributed by atoms with van der Waals surface area (Å²) in [6.45, 7) is 4.53. The number of para-hydroxylation sites is 1. The van der Waals surface area contributed by atoms with Crippen molar-refractivity contribution >= 4 is 11.7 Å². The Bertz CT molecular complexity index is 632. The van der Waals surface area contributed by atoms with Crippen molar-refractivity contribution in [3.63, 3.8) is 0 Å². The van der Waals surface area contributed by atoms with Gasteiger partial charge in [-0.05, 0) is 25.0 Å². The second-order valence-corrected chi connectivity index (χ2v) is 4.78. The molecule has 0 amide bonds. The molecular weight excluding hydrogens is 254 g/mol. The summed E-state index contributed by atoms with van der Waals surface area (Å²) >= 11 is 0. The fraction of sp³-hybridized carbons (Fsp3) is 0.333. The van der Waals surface area contributed by atoms with Crippen LogP contribution in [-0.2, 0) is 20.0 Å². The Kier molecular flexibility index (Phi) is 4.08. The third-order valence-corrected chi connectivity index (χ3v) is 3.29. The summed E-state index contributed by atoms with van der Waals surface area (Å²) < 4.78 is 1.78. The molecule has 0 fully saturated rings. The number of carboxylic acid groups (broad SMARTS) is 1. The fourth-order valence-corrected chi connectivity index (χ4v) is 2.29. The van der Waals surface area contributed by atoms with E-state index in [4.69, 9.17) is 0 Å². The molecule has 0 bridgehead atoms. The second kappa shape index (κ2) is 5.77. The van der Waals surface area contributed by atoms with Gasteiger partial charge in [-0.3, -0.25) is 4.68 Å². The predicted octanol–water partition coefficient (Wildman–Crippen LogP) is 2.60. The van der Waals surface area contributed by atoms with Gasteiger partial charge < -0.3 is 10.4 Å². The highest BCUT2D eigenvalue weighted by Gasteiger charge is 2.13. The highest BCUT2D eigenvalue weighted by Crippen LogP contribution is 2.22. The van der Waals surface area contributed by atoms with Crippen molar-refractivity contribution in [2.24, 2.45) is 7.05 Å². The van der Waals surface area contributed by atoms with Crippen LogP contribution in [-0.4, -0.2) is 20.9 Å². The van der Waals surface area contributed by atoms with Crippen LogP contribution in [0.25, 0.3) is 0 Å². The molecule has 0 saturated heterocycles. The van der Waals surface area contributed by atoms with Crippen LogP contribution in [0.5, 0.6) is 0 Å². The summed E-state index contributed by atoms with van der Waals surface area (Å²) in [6, 6.07) is 5.27. The maximum absolute atomic E-state index is 11.3. The van der Waals surface area contributed by atoms with Gasteiger partial charge in [0.2, 0.25) is 0 Å². The number of carbonyl (C=O) groups is 1. The highest BCUT2D eigenvalue weighted by atomic mass is 16.4. The van der Waals surface area contributed by atoms with Crippen LogP contribution >= 0.6 is 0 Å². The highest BCUT2D eigenvalue weighted by molar-refractivity contribution is 5.95. The molecule has 0 aliphatic heterocycles. The molecule has 5 heteroatoms. The summed E-state index contributed by atoms with van der Waals surface area (Å²) in [5.74, 6) is -0.918. The molecule has 0 radical (unpaired) electrons. The van der Waals surface area contributed by atoms with Gasteiger partial charge in [-0.25, -0.2) is 4.79 Å². The number of aryl methyl sites for hydroxylation is 3. The lowest BCUT2D eigenvalue weighted by Crippen LogP contribution is -2.08. The summed E-state index contributed by atoms with van der Waals surface area (Å²) in [5, 5.41) is 16.9. The van der Waals surface area contributed by atoms with E-state index in [2.05, 4.69) is 17.3 Å². The summed E-state index contributed by atoms with van der Waals surface area (Å²) in [7, 11) is 1.89. The van der Waals surface area contributed by atoms with Gasteiger partial charge in [-0.1, -0.05) is 19.1 Å². The van der Waals surface area contributed by atoms with E-state index < -0.39 is 5.97 Å². The molecule has 0 unspecified atom stereocenters. The number of rotatable bonds is 5. The van der Waals surface area contributed by atoms with Crippen LogP contribution in [0.2, 0.25) is 0 Å². The number of benzene rings is 1. The number of aromatic carboxylic acids is 1. The summed E-state index contributed by atoms with van der Waals surface area (Å²) in [4.78, 5) is 11.3. The van der Waals surface area contributed by atoms with Crippen LogP contribution in [0.3, 0.4) is 0 Å². The van der Waals surface area contributed by atoms with Crippen molar-refractivity contribution in [3.8, 4) is 0 Å². The quantitative estimate of drug-likeness (QED) is 0.878. The van der Waals surface area contributed by atoms with Gasteiger partial charge in [0.05, 0.1) is 16.9 Å². The predicted molar refractivity (Wildman–Crippen MR) is 78.1 cm³/mol. The summed E-state index contributed by atoms with van der Waals surface area (Å²) in [5.41, 5.74) is 4.02. The van der Waals surface area contributed by atoms with E-state index in [0.717, 1.165) is 23.2 Å². The maximum Gasteiger partial charge on any atom is 0.337 e. The number of carboxylic acids is 1. The first-order valence-electron chi connectivity index (χ1n) is 6.61. The van der Waals surface area contributed by atoms with Crippen molar-refractivity contribution in [3.05, 3.63) is 46.8 Å². The maximum atomic E-state index is 11.3. The molecule has 0 spiro atoms. The van der Waals surface area contributed by atoms with Gasteiger partial charge in [0.1, 0.15) is 0 Å². The van der Waals surface area contributed by atoms with Crippen molar-refractivity contribution in [1.82, 2.24) is 9.78 Å². The number of nitrogens with zero attached hydrogens (tertiary/aromatic N) is 2. The SMILES string of the molecule is CCc1nn(C)cc1CNc1c(C)cccc1C(=O)O. The third-order valence-electron chi connectivity index (χ3n) is 3.29. The Hall–Kier alpha value is -2.30. The molecule has 0 atom stereocenters. The standard InChI is InChI=1S/C15H19N3O2/c1-4-13-11(9-18(3)17-13)8-16-14-10(2)6-5-7-12(14)15(19)20/h5-7,9,16H,4,8H2,1-3H3,(H,19,20). The molecule has 2 aromatic rings. The lowest BCUT2D eigenvalue weighted by Gasteiger charge is -2.12. The molecule has 0 saturated carbocycles. The largest absolute Gasteiger partial charge is 0.478 e. The number of hydrogen-bond acceptors (Lipinski definition) is 3. The van der Waals surface area contributed by atoms with Gasteiger partial charge in [0.15, 0.2) is 0 Å². The number of nitrogens with one attached hydrogen (secondary N) is 1. The van der Waals surface area contributed by atoms with Crippen molar-refractivity contribution in [2.75, 3.05) is 5.32 Å². The van der Waals surface area contributed by atoms with E-state index in [-0.39, 0.29) is 0 Å². The van der Waals surface area contributed by atoms with Gasteiger partial charge in [0, 0.05) is 25.4 Å². The van der Waals surface area contributed by atoms with E-state index in [1.165, 1.54) is 0 Å². The molecule has 1 aromatic carbocycles. The molecule has 5 nitrogen and oxygen atoms in total. The molecule has 1 heterocycles. The van der Waals surface area contributed by atoms with E-state index in [9.17, 15) is 9.90 Å². The summed E-state index contributed by atoms with van der Waals surface area (Å²) in [6.07, 6.45) is 2.82. The van der Waals surface area contributed by atoms with E-state index >= 15 is 0 Å². The minimum atomic E-state index is -0.918. The Morgan fingerprint density at radius 2 is 2.20 bits per heavy atom. The monoisotopic (exact) mass is 273 g/mol. The second-order valence-electron chi connectivity index (χ2n) is 4.78. The number of aromatic nitrogens is 2. The zero-order valence-electron chi connectivity index (χ0n) is 12.0. The average molecular weight is 273 g/mol. The van der Waals surface area contributed by atoms with Gasteiger partial charge in [-0.15, -0.1) is 0 Å². The molecule has 106 valence electrons. The van der Waals surface area contributed by atoms with Crippen molar-refractivity contribution in [1.29, 1.82) is 0 Å². The Labute approximate surface area is 118 Å². The van der Waals surface area contributed by atoms with Gasteiger partial charge >= 0.3 is 5.97 Å². The molecule has 1 aromatic heterocycles. The lowest BCUT2D eigenvalue weighted by atomic mass is 10.1. The lowest BCUT2D eigenvalue weighted by molar-refractivity contribution is 0.0698. The van der Waals surface area contributed by atoms with Crippen molar-refractivity contribution in [2.45, 2.75) is 26.8 Å². The fourth-order valence-electron chi connectivity index (χ4n) is 2.29. The van der Waals surface area contributed by atoms with E-state index in [0.29, 0.717) is 17.8 Å². The van der Waals surface area contributed by atoms with E-state index in [1.807, 2.05) is 26.2 Å². The Morgan fingerprint density at radius 1 is 1.45 bits per heavy atom. The normalized spacial score (nSPS) is 10.6. The van der Waals surface area contributed by atoms with Crippen LogP contribution in [0.4, 0.5) is 5.69 Å². The van der Waals surface area contributed by atoms with Crippen LogP contribution in [0.1, 0.15) is 34.1 Å².